The van der Waals surface area contributed by atoms with E-state index in [1.807, 2.05) is 0 Å². The lowest BCUT2D eigenvalue weighted by molar-refractivity contribution is 0.273. The number of ether oxygens (including phenoxy) is 1. The van der Waals surface area contributed by atoms with Crippen LogP contribution in [0.3, 0.4) is 0 Å². The van der Waals surface area contributed by atoms with Gasteiger partial charge >= 0.3 is 0 Å². The van der Waals surface area contributed by atoms with Gasteiger partial charge in [-0.05, 0) is 30.3 Å². The number of hydrogen-bond acceptors (Lipinski definition) is 3. The lowest BCUT2D eigenvalue weighted by atomic mass is 10.2. The molecule has 0 spiro atoms. The summed E-state index contributed by atoms with van der Waals surface area (Å²) in [6, 6.07) is 7.73. The molecule has 0 heterocycles. The third-order valence-corrected chi connectivity index (χ3v) is 3.35. The lowest BCUT2D eigenvalue weighted by Gasteiger charge is -2.12. The summed E-state index contributed by atoms with van der Waals surface area (Å²) in [6.07, 6.45) is 0. The zero-order chi connectivity index (χ0) is 14.0. The molecule has 0 amide bonds. The van der Waals surface area contributed by atoms with Crippen LogP contribution in [0.4, 0.5) is 0 Å². The van der Waals surface area contributed by atoms with Crippen LogP contribution in [0.2, 0.25) is 15.1 Å². The Morgan fingerprint density at radius 3 is 2.26 bits per heavy atom. The van der Waals surface area contributed by atoms with Gasteiger partial charge < -0.3 is 14.9 Å². The topological polar surface area (TPSA) is 49.7 Å². The molecule has 0 aliphatic rings. The SMILES string of the molecule is OCc1c(Cl)ccc(Oc2ccc(Cl)cc2Cl)c1O. The molecule has 19 heavy (non-hydrogen) atoms. The summed E-state index contributed by atoms with van der Waals surface area (Å²) in [5, 5.41) is 20.1. The number of aromatic hydroxyl groups is 1. The molecule has 0 radical (unpaired) electrons. The van der Waals surface area contributed by atoms with Crippen molar-refractivity contribution in [3.05, 3.63) is 51.0 Å². The van der Waals surface area contributed by atoms with Crippen LogP contribution in [0.15, 0.2) is 30.3 Å². The molecule has 2 aromatic rings. The molecule has 2 rings (SSSR count). The first-order valence-electron chi connectivity index (χ1n) is 5.27. The fourth-order valence-electron chi connectivity index (χ4n) is 1.50. The Balaban J connectivity index is 2.38. The molecular formula is C13H9Cl3O3. The Bertz CT molecular complexity index is 614. The number of aliphatic hydroxyl groups excluding tert-OH is 1. The van der Waals surface area contributed by atoms with E-state index in [4.69, 9.17) is 44.6 Å². The molecule has 0 unspecified atom stereocenters. The van der Waals surface area contributed by atoms with E-state index < -0.39 is 6.61 Å². The van der Waals surface area contributed by atoms with Crippen LogP contribution < -0.4 is 4.74 Å². The highest BCUT2D eigenvalue weighted by atomic mass is 35.5. The molecule has 100 valence electrons. The summed E-state index contributed by atoms with van der Waals surface area (Å²) >= 11 is 17.6. The third kappa shape index (κ3) is 3.07. The van der Waals surface area contributed by atoms with Crippen LogP contribution in [-0.4, -0.2) is 10.2 Å². The van der Waals surface area contributed by atoms with Gasteiger partial charge in [0.25, 0.3) is 0 Å². The number of benzene rings is 2. The van der Waals surface area contributed by atoms with Crippen LogP contribution in [0.1, 0.15) is 5.56 Å². The minimum Gasteiger partial charge on any atom is -0.504 e. The van der Waals surface area contributed by atoms with Crippen LogP contribution in [0.25, 0.3) is 0 Å². The molecule has 0 atom stereocenters. The van der Waals surface area contributed by atoms with Crippen LogP contribution in [0.5, 0.6) is 17.2 Å². The maximum atomic E-state index is 9.94. The lowest BCUT2D eigenvalue weighted by Crippen LogP contribution is -1.91. The fraction of sp³-hybridized carbons (Fsp3) is 0.0769. The van der Waals surface area contributed by atoms with E-state index in [9.17, 15) is 5.11 Å². The summed E-state index contributed by atoms with van der Waals surface area (Å²) in [5.74, 6) is 0.270. The van der Waals surface area contributed by atoms with Gasteiger partial charge in [-0.15, -0.1) is 0 Å². The predicted molar refractivity (Wildman–Crippen MR) is 75.6 cm³/mol. The van der Waals surface area contributed by atoms with Crippen molar-refractivity contribution < 1.29 is 14.9 Å². The van der Waals surface area contributed by atoms with Crippen LogP contribution in [-0.2, 0) is 6.61 Å². The van der Waals surface area contributed by atoms with E-state index >= 15 is 0 Å². The summed E-state index contributed by atoms with van der Waals surface area (Å²) in [6.45, 7) is -0.393. The summed E-state index contributed by atoms with van der Waals surface area (Å²) in [7, 11) is 0. The maximum absolute atomic E-state index is 9.94. The zero-order valence-corrected chi connectivity index (χ0v) is 11.8. The van der Waals surface area contributed by atoms with Crippen molar-refractivity contribution in [2.24, 2.45) is 0 Å². The molecule has 6 heteroatoms. The monoisotopic (exact) mass is 318 g/mol. The van der Waals surface area contributed by atoms with Crippen molar-refractivity contribution in [1.29, 1.82) is 0 Å². The first-order valence-corrected chi connectivity index (χ1v) is 6.40. The summed E-state index contributed by atoms with van der Waals surface area (Å²) in [4.78, 5) is 0. The molecule has 0 saturated carbocycles. The van der Waals surface area contributed by atoms with Gasteiger partial charge in [0.15, 0.2) is 11.5 Å². The molecule has 0 aliphatic carbocycles. The molecule has 2 aromatic carbocycles. The molecule has 2 N–H and O–H groups in total. The third-order valence-electron chi connectivity index (χ3n) is 2.46. The second kappa shape index (κ2) is 5.88. The van der Waals surface area contributed by atoms with E-state index in [2.05, 4.69) is 0 Å². The molecule has 0 aliphatic heterocycles. The number of hydrogen-bond donors (Lipinski definition) is 2. The van der Waals surface area contributed by atoms with Gasteiger partial charge in [0, 0.05) is 10.6 Å². The number of phenols is 1. The highest BCUT2D eigenvalue weighted by Gasteiger charge is 2.13. The van der Waals surface area contributed by atoms with Crippen molar-refractivity contribution in [3.63, 3.8) is 0 Å². The van der Waals surface area contributed by atoms with Crippen molar-refractivity contribution in [1.82, 2.24) is 0 Å². The summed E-state index contributed by atoms with van der Waals surface area (Å²) in [5.41, 5.74) is 0.198. The van der Waals surface area contributed by atoms with Crippen molar-refractivity contribution in [2.75, 3.05) is 0 Å². The highest BCUT2D eigenvalue weighted by Crippen LogP contribution is 2.39. The van der Waals surface area contributed by atoms with E-state index in [0.29, 0.717) is 15.8 Å². The minimum absolute atomic E-state index is 0.151. The van der Waals surface area contributed by atoms with E-state index in [0.717, 1.165) is 0 Å². The average molecular weight is 320 g/mol. The number of rotatable bonds is 3. The van der Waals surface area contributed by atoms with Crippen molar-refractivity contribution >= 4 is 34.8 Å². The maximum Gasteiger partial charge on any atom is 0.169 e. The van der Waals surface area contributed by atoms with E-state index in [1.54, 1.807) is 12.1 Å². The van der Waals surface area contributed by atoms with Gasteiger partial charge in [-0.25, -0.2) is 0 Å². The number of halogens is 3. The molecular weight excluding hydrogens is 310 g/mol. The van der Waals surface area contributed by atoms with Gasteiger partial charge in [-0.2, -0.15) is 0 Å². The Hall–Kier alpha value is -1.13. The Morgan fingerprint density at radius 2 is 1.63 bits per heavy atom. The molecule has 3 nitrogen and oxygen atoms in total. The summed E-state index contributed by atoms with van der Waals surface area (Å²) < 4.78 is 5.48. The van der Waals surface area contributed by atoms with Gasteiger partial charge in [0.05, 0.1) is 16.7 Å². The minimum atomic E-state index is -0.393. The highest BCUT2D eigenvalue weighted by molar-refractivity contribution is 6.35. The van der Waals surface area contributed by atoms with E-state index in [1.165, 1.54) is 18.2 Å². The second-order valence-electron chi connectivity index (χ2n) is 3.71. The van der Waals surface area contributed by atoms with Gasteiger partial charge in [-0.3, -0.25) is 0 Å². The number of aliphatic hydroxyl groups is 1. The van der Waals surface area contributed by atoms with Gasteiger partial charge in [0.1, 0.15) is 5.75 Å². The molecule has 0 aromatic heterocycles. The Labute approximate surface area is 124 Å². The average Bonchev–Trinajstić information content (AvgIpc) is 2.36. The fourth-order valence-corrected chi connectivity index (χ4v) is 2.16. The first kappa shape index (κ1) is 14.3. The standard InChI is InChI=1S/C13H9Cl3O3/c14-7-1-3-11(10(16)5-7)19-12-4-2-9(15)8(6-17)13(12)18/h1-5,17-18H,6H2. The normalized spacial score (nSPS) is 10.5. The Kier molecular flexibility index (Phi) is 4.42. The van der Waals surface area contributed by atoms with Gasteiger partial charge in [0.2, 0.25) is 0 Å². The van der Waals surface area contributed by atoms with Crippen LogP contribution in [0, 0.1) is 0 Å². The van der Waals surface area contributed by atoms with Crippen molar-refractivity contribution in [3.8, 4) is 17.2 Å². The quantitative estimate of drug-likeness (QED) is 0.866. The largest absolute Gasteiger partial charge is 0.504 e. The Morgan fingerprint density at radius 1 is 0.947 bits per heavy atom. The zero-order valence-electron chi connectivity index (χ0n) is 9.53. The second-order valence-corrected chi connectivity index (χ2v) is 4.96. The van der Waals surface area contributed by atoms with Gasteiger partial charge in [-0.1, -0.05) is 34.8 Å². The molecule has 0 fully saturated rings. The van der Waals surface area contributed by atoms with E-state index in [-0.39, 0.29) is 22.1 Å². The predicted octanol–water partition coefficient (Wildman–Crippen LogP) is 4.64. The molecule has 0 saturated heterocycles. The smallest absolute Gasteiger partial charge is 0.169 e. The van der Waals surface area contributed by atoms with Crippen molar-refractivity contribution in [2.45, 2.75) is 6.61 Å². The first-order chi connectivity index (χ1) is 9.02. The van der Waals surface area contributed by atoms with Crippen LogP contribution >= 0.6 is 34.8 Å². The molecule has 0 bridgehead atoms.